The highest BCUT2D eigenvalue weighted by molar-refractivity contribution is 9.10. The van der Waals surface area contributed by atoms with Crippen LogP contribution in [-0.2, 0) is 4.79 Å². The molecule has 1 amide bonds. The average molecular weight is 443 g/mol. The van der Waals surface area contributed by atoms with Crippen LogP contribution in [0.25, 0.3) is 10.8 Å². The number of fused-ring (bicyclic) bond motifs is 1. The molecule has 0 radical (unpaired) electrons. The number of methoxy groups -OCH3 is 2. The molecule has 0 saturated heterocycles. The lowest BCUT2D eigenvalue weighted by Gasteiger charge is -2.09. The lowest BCUT2D eigenvalue weighted by molar-refractivity contribution is -0.123. The van der Waals surface area contributed by atoms with Crippen molar-refractivity contribution in [1.82, 2.24) is 5.43 Å². The number of carbonyl (C=O) groups is 1. The Morgan fingerprint density at radius 1 is 1.07 bits per heavy atom. The minimum absolute atomic E-state index is 0.159. The summed E-state index contributed by atoms with van der Waals surface area (Å²) in [7, 11) is 3.14. The number of carbonyl (C=O) groups excluding carboxylic acids is 1. The van der Waals surface area contributed by atoms with E-state index < -0.39 is 0 Å². The fraction of sp³-hybridized carbons (Fsp3) is 0.143. The maximum Gasteiger partial charge on any atom is 0.277 e. The molecule has 7 heteroatoms. The van der Waals surface area contributed by atoms with Gasteiger partial charge in [-0.1, -0.05) is 30.3 Å². The summed E-state index contributed by atoms with van der Waals surface area (Å²) in [5, 5.41) is 6.06. The molecule has 0 bridgehead atoms. The lowest BCUT2D eigenvalue weighted by Crippen LogP contribution is -2.24. The molecular formula is C21H19BrN2O4. The fourth-order valence-corrected chi connectivity index (χ4v) is 3.21. The summed E-state index contributed by atoms with van der Waals surface area (Å²) in [6.07, 6.45) is 1.50. The first-order valence-corrected chi connectivity index (χ1v) is 9.25. The Bertz CT molecular complexity index is 1020. The van der Waals surface area contributed by atoms with Crippen LogP contribution < -0.4 is 19.6 Å². The van der Waals surface area contributed by atoms with Gasteiger partial charge >= 0.3 is 0 Å². The van der Waals surface area contributed by atoms with E-state index in [0.29, 0.717) is 22.8 Å². The third kappa shape index (κ3) is 4.61. The zero-order valence-corrected chi connectivity index (χ0v) is 17.0. The van der Waals surface area contributed by atoms with Crippen molar-refractivity contribution in [2.24, 2.45) is 5.10 Å². The molecule has 1 N–H and O–H groups in total. The minimum atomic E-state index is -0.371. The van der Waals surface area contributed by atoms with Gasteiger partial charge in [0, 0.05) is 11.6 Å². The predicted molar refractivity (Wildman–Crippen MR) is 112 cm³/mol. The van der Waals surface area contributed by atoms with Crippen molar-refractivity contribution >= 4 is 38.8 Å². The molecular weight excluding hydrogens is 424 g/mol. The highest BCUT2D eigenvalue weighted by Crippen LogP contribution is 2.32. The first kappa shape index (κ1) is 19.7. The number of rotatable bonds is 7. The summed E-state index contributed by atoms with van der Waals surface area (Å²) >= 11 is 3.53. The molecule has 3 rings (SSSR count). The summed E-state index contributed by atoms with van der Waals surface area (Å²) in [6.45, 7) is -0.159. The molecule has 0 aliphatic carbocycles. The summed E-state index contributed by atoms with van der Waals surface area (Å²) in [5.41, 5.74) is 3.15. The van der Waals surface area contributed by atoms with E-state index in [0.717, 1.165) is 15.2 Å². The summed E-state index contributed by atoms with van der Waals surface area (Å²) in [6, 6.07) is 17.0. The lowest BCUT2D eigenvalue weighted by atomic mass is 10.1. The van der Waals surface area contributed by atoms with E-state index >= 15 is 0 Å². The van der Waals surface area contributed by atoms with Crippen molar-refractivity contribution < 1.29 is 19.0 Å². The van der Waals surface area contributed by atoms with E-state index in [1.54, 1.807) is 32.4 Å². The maximum atomic E-state index is 12.0. The largest absolute Gasteiger partial charge is 0.497 e. The molecule has 0 aromatic heterocycles. The van der Waals surface area contributed by atoms with E-state index in [1.807, 2.05) is 36.4 Å². The SMILES string of the molecule is COc1ccc(/C=N/NC(=O)COc2ccc3ccccc3c2Br)c(OC)c1. The smallest absolute Gasteiger partial charge is 0.277 e. The molecule has 0 aliphatic rings. The Balaban J connectivity index is 1.59. The van der Waals surface area contributed by atoms with Crippen molar-refractivity contribution in [2.45, 2.75) is 0 Å². The van der Waals surface area contributed by atoms with Gasteiger partial charge in [0.2, 0.25) is 0 Å². The molecule has 3 aromatic carbocycles. The highest BCUT2D eigenvalue weighted by Gasteiger charge is 2.08. The van der Waals surface area contributed by atoms with Gasteiger partial charge in [0.15, 0.2) is 6.61 Å². The molecule has 28 heavy (non-hydrogen) atoms. The van der Waals surface area contributed by atoms with Gasteiger partial charge in [-0.15, -0.1) is 0 Å². The van der Waals surface area contributed by atoms with Gasteiger partial charge in [-0.25, -0.2) is 5.43 Å². The zero-order chi connectivity index (χ0) is 19.9. The number of hydrogen-bond acceptors (Lipinski definition) is 5. The number of ether oxygens (including phenoxy) is 3. The van der Waals surface area contributed by atoms with Crippen molar-refractivity contribution in [3.05, 3.63) is 64.6 Å². The Morgan fingerprint density at radius 3 is 2.68 bits per heavy atom. The second kappa shape index (κ2) is 9.23. The van der Waals surface area contributed by atoms with Crippen molar-refractivity contribution in [1.29, 1.82) is 0 Å². The zero-order valence-electron chi connectivity index (χ0n) is 15.4. The van der Waals surface area contributed by atoms with Gasteiger partial charge in [0.1, 0.15) is 17.2 Å². The molecule has 0 spiro atoms. The van der Waals surface area contributed by atoms with Crippen LogP contribution in [0.15, 0.2) is 64.2 Å². The van der Waals surface area contributed by atoms with Gasteiger partial charge in [-0.2, -0.15) is 5.10 Å². The normalized spacial score (nSPS) is 10.8. The van der Waals surface area contributed by atoms with Crippen LogP contribution in [0.4, 0.5) is 0 Å². The third-order valence-electron chi connectivity index (χ3n) is 4.02. The second-order valence-electron chi connectivity index (χ2n) is 5.79. The number of nitrogens with zero attached hydrogens (tertiary/aromatic N) is 1. The monoisotopic (exact) mass is 442 g/mol. The fourth-order valence-electron chi connectivity index (χ4n) is 2.60. The first-order chi connectivity index (χ1) is 13.6. The quantitative estimate of drug-likeness (QED) is 0.440. The Labute approximate surface area is 171 Å². The number of hydrazone groups is 1. The molecule has 3 aromatic rings. The van der Waals surface area contributed by atoms with Gasteiger partial charge in [-0.05, 0) is 44.9 Å². The van der Waals surface area contributed by atoms with E-state index in [1.165, 1.54) is 6.21 Å². The van der Waals surface area contributed by atoms with Gasteiger partial charge in [-0.3, -0.25) is 4.79 Å². The third-order valence-corrected chi connectivity index (χ3v) is 4.84. The number of halogens is 1. The maximum absolute atomic E-state index is 12.0. The Morgan fingerprint density at radius 2 is 1.89 bits per heavy atom. The van der Waals surface area contributed by atoms with Gasteiger partial charge in [0.25, 0.3) is 5.91 Å². The van der Waals surface area contributed by atoms with E-state index in [4.69, 9.17) is 14.2 Å². The van der Waals surface area contributed by atoms with Crippen LogP contribution >= 0.6 is 15.9 Å². The minimum Gasteiger partial charge on any atom is -0.497 e. The molecule has 6 nitrogen and oxygen atoms in total. The van der Waals surface area contributed by atoms with Gasteiger partial charge in [0.05, 0.1) is 24.9 Å². The molecule has 0 unspecified atom stereocenters. The Hall–Kier alpha value is -3.06. The van der Waals surface area contributed by atoms with Crippen LogP contribution in [0.1, 0.15) is 5.56 Å². The number of nitrogens with one attached hydrogen (secondary N) is 1. The molecule has 0 fully saturated rings. The molecule has 0 heterocycles. The van der Waals surface area contributed by atoms with Crippen LogP contribution in [0, 0.1) is 0 Å². The van der Waals surface area contributed by atoms with Gasteiger partial charge < -0.3 is 14.2 Å². The average Bonchev–Trinajstić information content (AvgIpc) is 2.73. The second-order valence-corrected chi connectivity index (χ2v) is 6.58. The highest BCUT2D eigenvalue weighted by atomic mass is 79.9. The van der Waals surface area contributed by atoms with Crippen molar-refractivity contribution in [3.8, 4) is 17.2 Å². The predicted octanol–water partition coefficient (Wildman–Crippen LogP) is 4.15. The Kier molecular flexibility index (Phi) is 6.49. The van der Waals surface area contributed by atoms with Crippen molar-refractivity contribution in [3.63, 3.8) is 0 Å². The van der Waals surface area contributed by atoms with E-state index in [-0.39, 0.29) is 12.5 Å². The number of hydrogen-bond donors (Lipinski definition) is 1. The summed E-state index contributed by atoms with van der Waals surface area (Å²) in [4.78, 5) is 12.0. The summed E-state index contributed by atoms with van der Waals surface area (Å²) < 4.78 is 16.9. The summed E-state index contributed by atoms with van der Waals surface area (Å²) in [5.74, 6) is 1.49. The standard InChI is InChI=1S/C21H19BrN2O4/c1-26-16-9-7-15(19(11-16)27-2)12-23-24-20(25)13-28-18-10-8-14-5-3-4-6-17(14)21(18)22/h3-12H,13H2,1-2H3,(H,24,25)/b23-12+. The first-order valence-electron chi connectivity index (χ1n) is 8.46. The molecule has 0 atom stereocenters. The van der Waals surface area contributed by atoms with E-state index in [2.05, 4.69) is 26.5 Å². The number of amides is 1. The molecule has 0 aliphatic heterocycles. The van der Waals surface area contributed by atoms with Crippen LogP contribution in [0.3, 0.4) is 0 Å². The van der Waals surface area contributed by atoms with Crippen LogP contribution in [-0.4, -0.2) is 32.9 Å². The number of benzene rings is 3. The van der Waals surface area contributed by atoms with Crippen LogP contribution in [0.2, 0.25) is 0 Å². The topological polar surface area (TPSA) is 69.2 Å². The van der Waals surface area contributed by atoms with E-state index in [9.17, 15) is 4.79 Å². The van der Waals surface area contributed by atoms with Crippen LogP contribution in [0.5, 0.6) is 17.2 Å². The van der Waals surface area contributed by atoms with Crippen molar-refractivity contribution in [2.75, 3.05) is 20.8 Å². The molecule has 0 saturated carbocycles. The molecule has 144 valence electrons.